The van der Waals surface area contributed by atoms with Gasteiger partial charge in [-0.3, -0.25) is 0 Å². The fourth-order valence-electron chi connectivity index (χ4n) is 3.12. The van der Waals surface area contributed by atoms with Gasteiger partial charge < -0.3 is 10.1 Å². The standard InChI is InChI=1S/C22H15F5N4O/c23-15-5-6-16(24)20-19(15)21(31-12-30-20)29-9-7-13-3-1-2-4-17(13)32-18-11-14(8-10-28-18)22(25,26)27/h1-6,8,10-12H,7,9H2,(H,29,30,31). The molecule has 0 saturated heterocycles. The second-order valence-corrected chi connectivity index (χ2v) is 6.74. The number of halogens is 5. The third-order valence-corrected chi connectivity index (χ3v) is 4.62. The van der Waals surface area contributed by atoms with E-state index < -0.39 is 23.4 Å². The van der Waals surface area contributed by atoms with Crippen LogP contribution < -0.4 is 10.1 Å². The summed E-state index contributed by atoms with van der Waals surface area (Å²) in [6.07, 6.45) is -2.00. The monoisotopic (exact) mass is 446 g/mol. The maximum Gasteiger partial charge on any atom is 0.416 e. The van der Waals surface area contributed by atoms with Crippen molar-refractivity contribution in [3.63, 3.8) is 0 Å². The van der Waals surface area contributed by atoms with E-state index in [0.29, 0.717) is 17.7 Å². The van der Waals surface area contributed by atoms with Crippen molar-refractivity contribution in [2.24, 2.45) is 0 Å². The molecule has 0 aliphatic heterocycles. The van der Waals surface area contributed by atoms with Crippen LogP contribution in [0.5, 0.6) is 11.6 Å². The Morgan fingerprint density at radius 2 is 1.69 bits per heavy atom. The van der Waals surface area contributed by atoms with E-state index in [9.17, 15) is 22.0 Å². The highest BCUT2D eigenvalue weighted by molar-refractivity contribution is 5.89. The van der Waals surface area contributed by atoms with E-state index in [1.165, 1.54) is 0 Å². The summed E-state index contributed by atoms with van der Waals surface area (Å²) in [5.74, 6) is -1.07. The van der Waals surface area contributed by atoms with Crippen LogP contribution in [0.15, 0.2) is 61.1 Å². The molecule has 0 atom stereocenters. The zero-order chi connectivity index (χ0) is 22.7. The lowest BCUT2D eigenvalue weighted by Gasteiger charge is -2.13. The smallest absolute Gasteiger partial charge is 0.416 e. The number of aromatic nitrogens is 3. The molecule has 32 heavy (non-hydrogen) atoms. The molecule has 0 bridgehead atoms. The minimum atomic E-state index is -4.51. The molecular formula is C22H15F5N4O. The Labute approximate surface area is 178 Å². The number of anilines is 1. The van der Waals surface area contributed by atoms with E-state index >= 15 is 0 Å². The van der Waals surface area contributed by atoms with Gasteiger partial charge in [-0.25, -0.2) is 23.7 Å². The highest BCUT2D eigenvalue weighted by atomic mass is 19.4. The molecule has 0 fully saturated rings. The Balaban J connectivity index is 1.51. The van der Waals surface area contributed by atoms with Gasteiger partial charge in [0.25, 0.3) is 0 Å². The molecule has 0 aliphatic rings. The normalized spacial score (nSPS) is 11.5. The third kappa shape index (κ3) is 4.58. The first kappa shape index (κ1) is 21.4. The molecule has 0 spiro atoms. The lowest BCUT2D eigenvalue weighted by atomic mass is 10.1. The van der Waals surface area contributed by atoms with Gasteiger partial charge in [0.15, 0.2) is 0 Å². The van der Waals surface area contributed by atoms with Crippen LogP contribution in [0, 0.1) is 11.6 Å². The Hall–Kier alpha value is -3.82. The molecule has 5 nitrogen and oxygen atoms in total. The SMILES string of the molecule is Fc1ccc(F)c2c(NCCc3ccccc3Oc3cc(C(F)(F)F)ccn3)ncnc12. The summed E-state index contributed by atoms with van der Waals surface area (Å²) in [5, 5.41) is 2.88. The molecule has 2 aromatic carbocycles. The molecule has 2 aromatic heterocycles. The van der Waals surface area contributed by atoms with Gasteiger partial charge in [0.1, 0.15) is 35.0 Å². The van der Waals surface area contributed by atoms with Crippen LogP contribution in [0.2, 0.25) is 0 Å². The van der Waals surface area contributed by atoms with Gasteiger partial charge in [0.05, 0.1) is 10.9 Å². The molecule has 4 aromatic rings. The van der Waals surface area contributed by atoms with Crippen molar-refractivity contribution in [3.05, 3.63) is 83.8 Å². The van der Waals surface area contributed by atoms with Crippen molar-refractivity contribution in [1.29, 1.82) is 0 Å². The van der Waals surface area contributed by atoms with E-state index in [-0.39, 0.29) is 29.1 Å². The van der Waals surface area contributed by atoms with Crippen LogP contribution in [-0.4, -0.2) is 21.5 Å². The van der Waals surface area contributed by atoms with Crippen molar-refractivity contribution in [1.82, 2.24) is 15.0 Å². The lowest BCUT2D eigenvalue weighted by Crippen LogP contribution is -2.09. The van der Waals surface area contributed by atoms with E-state index in [1.54, 1.807) is 24.3 Å². The number of hydrogen-bond acceptors (Lipinski definition) is 5. The number of benzene rings is 2. The first-order valence-electron chi connectivity index (χ1n) is 9.44. The summed E-state index contributed by atoms with van der Waals surface area (Å²) >= 11 is 0. The zero-order valence-corrected chi connectivity index (χ0v) is 16.3. The van der Waals surface area contributed by atoms with Crippen LogP contribution >= 0.6 is 0 Å². The predicted octanol–water partition coefficient (Wildman–Crippen LogP) is 5.77. The number of pyridine rings is 1. The molecule has 164 valence electrons. The van der Waals surface area contributed by atoms with Gasteiger partial charge in [-0.2, -0.15) is 13.2 Å². The van der Waals surface area contributed by atoms with Crippen LogP contribution in [0.25, 0.3) is 10.9 Å². The average molecular weight is 446 g/mol. The molecule has 0 radical (unpaired) electrons. The van der Waals surface area contributed by atoms with Gasteiger partial charge in [-0.15, -0.1) is 0 Å². The van der Waals surface area contributed by atoms with Gasteiger partial charge in [0.2, 0.25) is 5.88 Å². The summed E-state index contributed by atoms with van der Waals surface area (Å²) in [6, 6.07) is 10.4. The fraction of sp³-hybridized carbons (Fsp3) is 0.136. The van der Waals surface area contributed by atoms with Crippen LogP contribution in [0.4, 0.5) is 27.8 Å². The second-order valence-electron chi connectivity index (χ2n) is 6.74. The number of para-hydroxylation sites is 1. The fourth-order valence-corrected chi connectivity index (χ4v) is 3.12. The Morgan fingerprint density at radius 1 is 0.906 bits per heavy atom. The van der Waals surface area contributed by atoms with E-state index in [4.69, 9.17) is 4.74 Å². The van der Waals surface area contributed by atoms with Gasteiger partial charge >= 0.3 is 6.18 Å². The van der Waals surface area contributed by atoms with Crippen LogP contribution in [-0.2, 0) is 12.6 Å². The average Bonchev–Trinajstić information content (AvgIpc) is 2.77. The summed E-state index contributed by atoms with van der Waals surface area (Å²) in [4.78, 5) is 11.6. The molecule has 0 amide bonds. The van der Waals surface area contributed by atoms with Crippen molar-refractivity contribution in [2.75, 3.05) is 11.9 Å². The molecule has 2 heterocycles. The first-order valence-corrected chi connectivity index (χ1v) is 9.44. The lowest BCUT2D eigenvalue weighted by molar-refractivity contribution is -0.137. The number of hydrogen-bond donors (Lipinski definition) is 1. The third-order valence-electron chi connectivity index (χ3n) is 4.62. The predicted molar refractivity (Wildman–Crippen MR) is 107 cm³/mol. The van der Waals surface area contributed by atoms with Crippen molar-refractivity contribution in [2.45, 2.75) is 12.6 Å². The van der Waals surface area contributed by atoms with E-state index in [2.05, 4.69) is 20.3 Å². The minimum absolute atomic E-state index is 0.0646. The molecule has 0 aliphatic carbocycles. The second kappa shape index (κ2) is 8.74. The first-order chi connectivity index (χ1) is 15.3. The van der Waals surface area contributed by atoms with E-state index in [0.717, 1.165) is 36.8 Å². The highest BCUT2D eigenvalue weighted by Crippen LogP contribution is 2.32. The molecule has 10 heteroatoms. The molecular weight excluding hydrogens is 431 g/mol. The highest BCUT2D eigenvalue weighted by Gasteiger charge is 2.31. The summed E-state index contributed by atoms with van der Waals surface area (Å²) in [6.45, 7) is 0.262. The Morgan fingerprint density at radius 3 is 2.50 bits per heavy atom. The van der Waals surface area contributed by atoms with Gasteiger partial charge in [-0.05, 0) is 36.2 Å². The Kier molecular flexibility index (Phi) is 5.85. The summed E-state index contributed by atoms with van der Waals surface area (Å²) in [5.41, 5.74) is -0.336. The maximum absolute atomic E-state index is 14.2. The maximum atomic E-state index is 14.2. The van der Waals surface area contributed by atoms with Crippen molar-refractivity contribution in [3.8, 4) is 11.6 Å². The van der Waals surface area contributed by atoms with Crippen molar-refractivity contribution < 1.29 is 26.7 Å². The topological polar surface area (TPSA) is 59.9 Å². The molecule has 0 saturated carbocycles. The molecule has 1 N–H and O–H groups in total. The van der Waals surface area contributed by atoms with E-state index in [1.807, 2.05) is 0 Å². The van der Waals surface area contributed by atoms with Gasteiger partial charge in [-0.1, -0.05) is 18.2 Å². The number of fused-ring (bicyclic) bond motifs is 1. The summed E-state index contributed by atoms with van der Waals surface area (Å²) in [7, 11) is 0. The number of nitrogens with zero attached hydrogens (tertiary/aromatic N) is 3. The molecule has 4 rings (SSSR count). The molecule has 0 unspecified atom stereocenters. The zero-order valence-electron chi connectivity index (χ0n) is 16.3. The number of alkyl halides is 3. The summed E-state index contributed by atoms with van der Waals surface area (Å²) < 4.78 is 72.5. The number of rotatable bonds is 6. The minimum Gasteiger partial charge on any atom is -0.439 e. The Bertz CT molecular complexity index is 1260. The van der Waals surface area contributed by atoms with Crippen LogP contribution in [0.3, 0.4) is 0 Å². The number of nitrogens with one attached hydrogen (secondary N) is 1. The van der Waals surface area contributed by atoms with Crippen molar-refractivity contribution >= 4 is 16.7 Å². The largest absolute Gasteiger partial charge is 0.439 e. The quantitative estimate of drug-likeness (QED) is 0.381. The van der Waals surface area contributed by atoms with Gasteiger partial charge in [0, 0.05) is 18.8 Å². The van der Waals surface area contributed by atoms with Crippen LogP contribution in [0.1, 0.15) is 11.1 Å². The number of ether oxygens (including phenoxy) is 1.